The summed E-state index contributed by atoms with van der Waals surface area (Å²) in [6.45, 7) is 2.37. The lowest BCUT2D eigenvalue weighted by molar-refractivity contribution is 0.0686. The molecule has 3 rings (SSSR count). The molecule has 0 unspecified atom stereocenters. The van der Waals surface area contributed by atoms with E-state index in [0.29, 0.717) is 6.54 Å². The van der Waals surface area contributed by atoms with Crippen molar-refractivity contribution < 1.29 is 9.90 Å². The summed E-state index contributed by atoms with van der Waals surface area (Å²) in [6.07, 6.45) is 1.65. The minimum atomic E-state index is -0.940. The smallest absolute Gasteiger partial charge is 0.352 e. The molecule has 0 radical (unpaired) electrons. The third-order valence-corrected chi connectivity index (χ3v) is 3.31. The molecule has 1 N–H and O–H groups in total. The molecule has 0 bridgehead atoms. The highest BCUT2D eigenvalue weighted by Gasteiger charge is 2.16. The Morgan fingerprint density at radius 3 is 2.85 bits per heavy atom. The van der Waals surface area contributed by atoms with Crippen molar-refractivity contribution in [3.05, 3.63) is 47.4 Å². The minimum absolute atomic E-state index is 0.264. The quantitative estimate of drug-likeness (QED) is 0.788. The van der Waals surface area contributed by atoms with Gasteiger partial charge in [-0.05, 0) is 18.6 Å². The summed E-state index contributed by atoms with van der Waals surface area (Å²) in [5.41, 5.74) is 2.96. The van der Waals surface area contributed by atoms with Crippen LogP contribution in [0.15, 0.2) is 30.5 Å². The molecule has 0 fully saturated rings. The average Bonchev–Trinajstić information content (AvgIpc) is 2.95. The summed E-state index contributed by atoms with van der Waals surface area (Å²) >= 11 is 0. The first-order valence-corrected chi connectivity index (χ1v) is 6.23. The standard InChI is InChI=1S/C14H14N4O2/c1-9-4-3-5-10-6-12(14(19)20)18(13(9)10)8-11-7-15-17(2)16-11/h3-7H,8H2,1-2H3,(H,19,20). The molecule has 2 heterocycles. The SMILES string of the molecule is Cc1cccc2cc(C(=O)O)n(Cc3cnn(C)n3)c12. The molecule has 0 saturated carbocycles. The van der Waals surface area contributed by atoms with Crippen molar-refractivity contribution in [1.82, 2.24) is 19.6 Å². The van der Waals surface area contributed by atoms with Crippen LogP contribution in [0.1, 0.15) is 21.7 Å². The summed E-state index contributed by atoms with van der Waals surface area (Å²) in [4.78, 5) is 12.9. The molecule has 102 valence electrons. The van der Waals surface area contributed by atoms with E-state index in [1.54, 1.807) is 23.9 Å². The van der Waals surface area contributed by atoms with Gasteiger partial charge in [-0.3, -0.25) is 0 Å². The van der Waals surface area contributed by atoms with Gasteiger partial charge in [-0.25, -0.2) is 4.79 Å². The van der Waals surface area contributed by atoms with Crippen LogP contribution in [-0.4, -0.2) is 30.6 Å². The Bertz CT molecular complexity index is 801. The second-order valence-electron chi connectivity index (χ2n) is 4.76. The van der Waals surface area contributed by atoms with E-state index in [1.165, 1.54) is 4.80 Å². The molecular formula is C14H14N4O2. The van der Waals surface area contributed by atoms with Gasteiger partial charge in [-0.15, -0.1) is 0 Å². The zero-order valence-corrected chi connectivity index (χ0v) is 11.2. The maximum absolute atomic E-state index is 11.4. The first-order chi connectivity index (χ1) is 9.56. The Morgan fingerprint density at radius 2 is 2.20 bits per heavy atom. The highest BCUT2D eigenvalue weighted by atomic mass is 16.4. The Morgan fingerprint density at radius 1 is 1.40 bits per heavy atom. The number of carboxylic acid groups (broad SMARTS) is 1. The van der Waals surface area contributed by atoms with Gasteiger partial charge in [0.2, 0.25) is 0 Å². The summed E-state index contributed by atoms with van der Waals surface area (Å²) in [5.74, 6) is -0.940. The Labute approximate surface area is 115 Å². The summed E-state index contributed by atoms with van der Waals surface area (Å²) < 4.78 is 1.77. The van der Waals surface area contributed by atoms with Crippen molar-refractivity contribution in [2.24, 2.45) is 7.05 Å². The fraction of sp³-hybridized carbons (Fsp3) is 0.214. The fourth-order valence-electron chi connectivity index (χ4n) is 2.48. The molecule has 3 aromatic rings. The number of rotatable bonds is 3. The van der Waals surface area contributed by atoms with Crippen molar-refractivity contribution >= 4 is 16.9 Å². The lowest BCUT2D eigenvalue weighted by Crippen LogP contribution is -2.10. The van der Waals surface area contributed by atoms with Crippen LogP contribution in [0.3, 0.4) is 0 Å². The number of aromatic carboxylic acids is 1. The number of hydrogen-bond acceptors (Lipinski definition) is 3. The van der Waals surface area contributed by atoms with E-state index < -0.39 is 5.97 Å². The second kappa shape index (κ2) is 4.48. The van der Waals surface area contributed by atoms with Crippen molar-refractivity contribution in [2.45, 2.75) is 13.5 Å². The third-order valence-electron chi connectivity index (χ3n) is 3.31. The molecule has 0 aliphatic rings. The Hall–Kier alpha value is -2.63. The van der Waals surface area contributed by atoms with Gasteiger partial charge in [-0.1, -0.05) is 18.2 Å². The van der Waals surface area contributed by atoms with Crippen LogP contribution < -0.4 is 0 Å². The van der Waals surface area contributed by atoms with Gasteiger partial charge in [0.1, 0.15) is 11.4 Å². The van der Waals surface area contributed by atoms with E-state index in [9.17, 15) is 9.90 Å². The summed E-state index contributed by atoms with van der Waals surface area (Å²) in [7, 11) is 1.74. The van der Waals surface area contributed by atoms with Crippen LogP contribution in [0, 0.1) is 6.92 Å². The maximum atomic E-state index is 11.4. The van der Waals surface area contributed by atoms with E-state index in [1.807, 2.05) is 25.1 Å². The molecule has 0 atom stereocenters. The molecule has 0 amide bonds. The number of aromatic nitrogens is 4. The largest absolute Gasteiger partial charge is 0.477 e. The Kier molecular flexibility index (Phi) is 2.78. The molecule has 0 saturated heterocycles. The van der Waals surface area contributed by atoms with Gasteiger partial charge in [0.15, 0.2) is 0 Å². The van der Waals surface area contributed by atoms with E-state index in [4.69, 9.17) is 0 Å². The normalized spacial score (nSPS) is 11.1. The van der Waals surface area contributed by atoms with Crippen LogP contribution in [-0.2, 0) is 13.6 Å². The number of benzene rings is 1. The zero-order chi connectivity index (χ0) is 14.3. The molecule has 6 heteroatoms. The monoisotopic (exact) mass is 270 g/mol. The van der Waals surface area contributed by atoms with Crippen LogP contribution in [0.5, 0.6) is 0 Å². The van der Waals surface area contributed by atoms with Crippen molar-refractivity contribution in [3.63, 3.8) is 0 Å². The zero-order valence-electron chi connectivity index (χ0n) is 11.2. The van der Waals surface area contributed by atoms with Gasteiger partial charge in [0.05, 0.1) is 18.3 Å². The highest BCUT2D eigenvalue weighted by molar-refractivity contribution is 5.95. The minimum Gasteiger partial charge on any atom is -0.477 e. The summed E-state index contributed by atoms with van der Waals surface area (Å²) in [6, 6.07) is 7.51. The lowest BCUT2D eigenvalue weighted by Gasteiger charge is -2.08. The van der Waals surface area contributed by atoms with Crippen LogP contribution >= 0.6 is 0 Å². The van der Waals surface area contributed by atoms with Crippen LogP contribution in [0.2, 0.25) is 0 Å². The predicted octanol–water partition coefficient (Wildman–Crippen LogP) is 1.82. The predicted molar refractivity (Wildman–Crippen MR) is 73.7 cm³/mol. The molecule has 0 aliphatic heterocycles. The van der Waals surface area contributed by atoms with Gasteiger partial charge in [-0.2, -0.15) is 15.0 Å². The molecule has 20 heavy (non-hydrogen) atoms. The van der Waals surface area contributed by atoms with Gasteiger partial charge >= 0.3 is 5.97 Å². The van der Waals surface area contributed by atoms with Crippen molar-refractivity contribution in [1.29, 1.82) is 0 Å². The molecule has 6 nitrogen and oxygen atoms in total. The molecule has 0 aliphatic carbocycles. The number of para-hydroxylation sites is 1. The first-order valence-electron chi connectivity index (χ1n) is 6.23. The topological polar surface area (TPSA) is 72.9 Å². The van der Waals surface area contributed by atoms with Gasteiger partial charge < -0.3 is 9.67 Å². The number of nitrogens with zero attached hydrogens (tertiary/aromatic N) is 4. The van der Waals surface area contributed by atoms with E-state index in [-0.39, 0.29) is 5.69 Å². The number of hydrogen-bond donors (Lipinski definition) is 1. The van der Waals surface area contributed by atoms with Crippen molar-refractivity contribution in [3.8, 4) is 0 Å². The molecule has 2 aromatic heterocycles. The lowest BCUT2D eigenvalue weighted by atomic mass is 10.2. The highest BCUT2D eigenvalue weighted by Crippen LogP contribution is 2.24. The number of aryl methyl sites for hydroxylation is 2. The molecule has 0 spiro atoms. The number of carbonyl (C=O) groups is 1. The molecule has 1 aromatic carbocycles. The number of carboxylic acids is 1. The maximum Gasteiger partial charge on any atom is 0.352 e. The third kappa shape index (κ3) is 1.95. The Balaban J connectivity index is 2.20. The van der Waals surface area contributed by atoms with E-state index >= 15 is 0 Å². The first kappa shape index (κ1) is 12.4. The van der Waals surface area contributed by atoms with E-state index in [2.05, 4.69) is 10.2 Å². The van der Waals surface area contributed by atoms with Crippen molar-refractivity contribution in [2.75, 3.05) is 0 Å². The molecular weight excluding hydrogens is 256 g/mol. The van der Waals surface area contributed by atoms with Gasteiger partial charge in [0, 0.05) is 12.4 Å². The van der Waals surface area contributed by atoms with Gasteiger partial charge in [0.25, 0.3) is 0 Å². The fourth-order valence-corrected chi connectivity index (χ4v) is 2.48. The van der Waals surface area contributed by atoms with E-state index in [0.717, 1.165) is 22.2 Å². The van der Waals surface area contributed by atoms with Crippen LogP contribution in [0.25, 0.3) is 10.9 Å². The van der Waals surface area contributed by atoms with Crippen LogP contribution in [0.4, 0.5) is 0 Å². The summed E-state index contributed by atoms with van der Waals surface area (Å²) in [5, 5.41) is 18.5. The second-order valence-corrected chi connectivity index (χ2v) is 4.76. The number of fused-ring (bicyclic) bond motifs is 1. The average molecular weight is 270 g/mol.